The third kappa shape index (κ3) is 9.70. The molecule has 1 aromatic carbocycles. The zero-order valence-corrected chi connectivity index (χ0v) is 26.6. The number of carbonyl (C=O) groups excluding carboxylic acids is 1. The minimum atomic E-state index is -3.34. The molecule has 2 aliphatic rings. The van der Waals surface area contributed by atoms with E-state index in [1.165, 1.54) is 17.0 Å². The third-order valence-corrected chi connectivity index (χ3v) is 8.18. The van der Waals surface area contributed by atoms with Crippen molar-refractivity contribution in [1.29, 1.82) is 0 Å². The van der Waals surface area contributed by atoms with Gasteiger partial charge in [-0.2, -0.15) is 0 Å². The monoisotopic (exact) mass is 640 g/mol. The summed E-state index contributed by atoms with van der Waals surface area (Å²) >= 11 is 0.251. The van der Waals surface area contributed by atoms with Crippen LogP contribution in [0.15, 0.2) is 47.9 Å². The molecule has 0 spiro atoms. The SMILES string of the molecule is [2H]C1([2H])C([2H])([2H])C([2H])([2H])C([2H])(Sc2nnc(COc3ccc(C#CCOC(=O)NCCN4CCCN(C(C)C)CC4)c(C)c3)n2-c2cccnc2)C1([2H])[2H]. The van der Waals surface area contributed by atoms with Crippen molar-refractivity contribution >= 4 is 17.9 Å². The van der Waals surface area contributed by atoms with Crippen LogP contribution < -0.4 is 10.1 Å². The van der Waals surface area contributed by atoms with Gasteiger partial charge in [0.25, 0.3) is 0 Å². The Labute approximate surface area is 283 Å². The molecule has 1 amide bonds. The number of amides is 1. The molecule has 11 heteroatoms. The fourth-order valence-electron chi connectivity index (χ4n) is 4.90. The van der Waals surface area contributed by atoms with Crippen molar-refractivity contribution in [3.63, 3.8) is 0 Å². The van der Waals surface area contributed by atoms with E-state index in [-0.39, 0.29) is 36.0 Å². The molecule has 1 saturated carbocycles. The van der Waals surface area contributed by atoms with E-state index in [0.29, 0.717) is 29.6 Å². The first kappa shape index (κ1) is 22.8. The van der Waals surface area contributed by atoms with Crippen LogP contribution in [-0.4, -0.2) is 92.8 Å². The maximum Gasteiger partial charge on any atom is 0.408 e. The molecule has 0 bridgehead atoms. The van der Waals surface area contributed by atoms with E-state index in [1.54, 1.807) is 30.3 Å². The molecule has 3 aromatic rings. The van der Waals surface area contributed by atoms with Crippen LogP contribution >= 0.6 is 11.8 Å². The van der Waals surface area contributed by atoms with Crippen molar-refractivity contribution in [2.45, 2.75) is 75.7 Å². The highest BCUT2D eigenvalue weighted by molar-refractivity contribution is 7.99. The van der Waals surface area contributed by atoms with E-state index in [4.69, 9.17) is 21.8 Å². The molecule has 3 heterocycles. The van der Waals surface area contributed by atoms with Gasteiger partial charge in [-0.05, 0) is 88.9 Å². The highest BCUT2D eigenvalue weighted by atomic mass is 32.2. The van der Waals surface area contributed by atoms with Gasteiger partial charge in [0, 0.05) is 61.5 Å². The van der Waals surface area contributed by atoms with E-state index in [0.717, 1.165) is 44.7 Å². The summed E-state index contributed by atoms with van der Waals surface area (Å²) in [6.45, 7) is 11.3. The van der Waals surface area contributed by atoms with Gasteiger partial charge in [0.1, 0.15) is 12.4 Å². The van der Waals surface area contributed by atoms with Crippen LogP contribution in [0.25, 0.3) is 5.69 Å². The standard InChI is InChI=1S/C34H45N7O3S/c1-26(2)40-18-8-17-39(20-21-40)19-16-36-34(42)43-22-7-9-28-13-14-30(23-27(28)3)44-25-32-37-38-33(45-31-11-4-5-12-31)41(32)29-10-6-15-35-24-29/h6,10,13-15,23-24,26,31H,4-5,8,11-12,16-22,25H2,1-3H3,(H,36,42)/i4D2,5D2,11D2,12D2,31D. The van der Waals surface area contributed by atoms with Gasteiger partial charge in [-0.1, -0.05) is 36.3 Å². The van der Waals surface area contributed by atoms with Crippen molar-refractivity contribution in [2.75, 3.05) is 45.9 Å². The largest absolute Gasteiger partial charge is 0.486 e. The molecule has 2 fully saturated rings. The zero-order chi connectivity index (χ0) is 39.5. The fourth-order valence-corrected chi connectivity index (χ4v) is 5.67. The van der Waals surface area contributed by atoms with E-state index in [2.05, 4.69) is 56.0 Å². The quantitative estimate of drug-likeness (QED) is 0.288. The summed E-state index contributed by atoms with van der Waals surface area (Å²) in [5, 5.41) is 7.84. The maximum absolute atomic E-state index is 12.2. The van der Waals surface area contributed by atoms with Crippen LogP contribution in [0.5, 0.6) is 5.75 Å². The fraction of sp³-hybridized carbons (Fsp3) is 0.529. The van der Waals surface area contributed by atoms with Gasteiger partial charge in [0.2, 0.25) is 0 Å². The number of aromatic nitrogens is 4. The van der Waals surface area contributed by atoms with E-state index in [1.807, 2.05) is 6.92 Å². The molecule has 1 aliphatic carbocycles. The highest BCUT2D eigenvalue weighted by Gasteiger charge is 2.22. The Morgan fingerprint density at radius 2 is 2.07 bits per heavy atom. The van der Waals surface area contributed by atoms with Gasteiger partial charge < -0.3 is 19.7 Å². The van der Waals surface area contributed by atoms with Gasteiger partial charge in [-0.15, -0.1) is 10.2 Å². The molecule has 1 N–H and O–H groups in total. The first-order chi connectivity index (χ1) is 25.3. The van der Waals surface area contributed by atoms with Crippen LogP contribution in [0, 0.1) is 18.8 Å². The highest BCUT2D eigenvalue weighted by Crippen LogP contribution is 2.35. The Morgan fingerprint density at radius 1 is 1.20 bits per heavy atom. The van der Waals surface area contributed by atoms with Crippen LogP contribution in [0.1, 0.15) is 75.0 Å². The lowest BCUT2D eigenvalue weighted by Crippen LogP contribution is -2.38. The second kappa shape index (κ2) is 16.6. The van der Waals surface area contributed by atoms with Crippen molar-refractivity contribution in [1.82, 2.24) is 34.9 Å². The van der Waals surface area contributed by atoms with E-state index < -0.39 is 36.8 Å². The molecule has 5 rings (SSSR count). The third-order valence-electron chi connectivity index (χ3n) is 7.33. The van der Waals surface area contributed by atoms with Crippen LogP contribution in [0.4, 0.5) is 4.79 Å². The summed E-state index contributed by atoms with van der Waals surface area (Å²) < 4.78 is 87.9. The van der Waals surface area contributed by atoms with Gasteiger partial charge >= 0.3 is 6.09 Å². The zero-order valence-electron chi connectivity index (χ0n) is 34.8. The van der Waals surface area contributed by atoms with Crippen LogP contribution in [0.2, 0.25) is 0 Å². The molecule has 10 nitrogen and oxygen atoms in total. The normalized spacial score (nSPS) is 24.4. The Bertz CT molecular complexity index is 1830. The lowest BCUT2D eigenvalue weighted by molar-refractivity contribution is 0.157. The number of benzene rings is 1. The second-order valence-corrected chi connectivity index (χ2v) is 11.7. The molecule has 1 aliphatic heterocycles. The lowest BCUT2D eigenvalue weighted by Gasteiger charge is -2.24. The first-order valence-corrected chi connectivity index (χ1v) is 15.8. The summed E-state index contributed by atoms with van der Waals surface area (Å²) in [4.78, 5) is 21.1. The number of aryl methyl sites for hydroxylation is 1. The number of carbonyl (C=O) groups is 1. The Hall–Kier alpha value is -3.59. The summed E-state index contributed by atoms with van der Waals surface area (Å²) in [6, 6.07) is 8.99. The molecule has 240 valence electrons. The number of nitrogens with one attached hydrogen (secondary N) is 1. The van der Waals surface area contributed by atoms with Crippen molar-refractivity contribution in [3.05, 3.63) is 59.7 Å². The van der Waals surface area contributed by atoms with Crippen LogP contribution in [-0.2, 0) is 11.3 Å². The number of ether oxygens (including phenoxy) is 2. The first-order valence-electron chi connectivity index (χ1n) is 19.5. The summed E-state index contributed by atoms with van der Waals surface area (Å²) in [5.74, 6) is 6.49. The van der Waals surface area contributed by atoms with Crippen LogP contribution in [0.3, 0.4) is 0 Å². The molecule has 0 atom stereocenters. The predicted octanol–water partition coefficient (Wildman–Crippen LogP) is 5.08. The minimum absolute atomic E-state index is 0.0845. The number of hydrogen-bond donors (Lipinski definition) is 1. The molecule has 0 unspecified atom stereocenters. The second-order valence-electron chi connectivity index (χ2n) is 10.8. The Morgan fingerprint density at radius 3 is 2.84 bits per heavy atom. The van der Waals surface area contributed by atoms with E-state index >= 15 is 0 Å². The van der Waals surface area contributed by atoms with Gasteiger partial charge in [-0.3, -0.25) is 14.5 Å². The maximum atomic E-state index is 12.2. The summed E-state index contributed by atoms with van der Waals surface area (Å²) in [6.07, 6.45) is -9.72. The van der Waals surface area contributed by atoms with Gasteiger partial charge in [0.15, 0.2) is 17.6 Å². The average Bonchev–Trinajstić information content (AvgIpc) is 3.37. The number of hydrogen-bond acceptors (Lipinski definition) is 9. The molecule has 1 saturated heterocycles. The predicted molar refractivity (Wildman–Crippen MR) is 177 cm³/mol. The number of thioether (sulfide) groups is 1. The number of rotatable bonds is 11. The molecular formula is C34H45N7O3S. The summed E-state index contributed by atoms with van der Waals surface area (Å²) in [5.41, 5.74) is 1.86. The Kier molecular flexibility index (Phi) is 8.45. The van der Waals surface area contributed by atoms with Crippen molar-refractivity contribution in [3.8, 4) is 23.3 Å². The van der Waals surface area contributed by atoms with E-state index in [9.17, 15) is 4.79 Å². The average molecular weight is 641 g/mol. The molecule has 45 heavy (non-hydrogen) atoms. The Balaban J connectivity index is 1.20. The lowest BCUT2D eigenvalue weighted by atomic mass is 10.1. The smallest absolute Gasteiger partial charge is 0.408 e. The molecular weight excluding hydrogens is 586 g/mol. The number of alkyl carbamates (subject to hydrolysis) is 1. The molecule has 0 radical (unpaired) electrons. The minimum Gasteiger partial charge on any atom is -0.486 e. The number of pyridine rings is 1. The van der Waals surface area contributed by atoms with Crippen molar-refractivity contribution in [2.24, 2.45) is 0 Å². The molecule has 2 aromatic heterocycles. The topological polar surface area (TPSA) is 97.6 Å². The number of nitrogens with zero attached hydrogens (tertiary/aromatic N) is 6. The van der Waals surface area contributed by atoms with Gasteiger partial charge in [0.05, 0.1) is 11.9 Å². The van der Waals surface area contributed by atoms with Gasteiger partial charge in [-0.25, -0.2) is 4.79 Å². The summed E-state index contributed by atoms with van der Waals surface area (Å²) in [7, 11) is 0. The van der Waals surface area contributed by atoms with Crippen molar-refractivity contribution < 1.29 is 26.6 Å².